The summed E-state index contributed by atoms with van der Waals surface area (Å²) >= 11 is 12.4. The van der Waals surface area contributed by atoms with E-state index in [9.17, 15) is 28.7 Å². The number of nitrogens with zero attached hydrogens (tertiary/aromatic N) is 2. The molecule has 11 heteroatoms. The minimum atomic E-state index is -1.41. The number of imide groups is 2. The van der Waals surface area contributed by atoms with E-state index in [1.54, 1.807) is 43.3 Å². The number of anilines is 2. The van der Waals surface area contributed by atoms with Crippen LogP contribution in [0.15, 0.2) is 66.2 Å². The lowest BCUT2D eigenvalue weighted by Crippen LogP contribution is -2.48. The molecule has 46 heavy (non-hydrogen) atoms. The van der Waals surface area contributed by atoms with Crippen molar-refractivity contribution in [2.24, 2.45) is 29.1 Å². The molecule has 3 fully saturated rings. The van der Waals surface area contributed by atoms with Crippen molar-refractivity contribution >= 4 is 58.2 Å². The van der Waals surface area contributed by atoms with Crippen LogP contribution in [0.2, 0.25) is 10.0 Å². The molecule has 0 aromatic heterocycles. The number of aromatic hydroxyl groups is 1. The van der Waals surface area contributed by atoms with Crippen molar-refractivity contribution < 1.29 is 33.4 Å². The van der Waals surface area contributed by atoms with Crippen molar-refractivity contribution in [3.05, 3.63) is 93.2 Å². The molecule has 6 atom stereocenters. The zero-order valence-corrected chi connectivity index (χ0v) is 26.6. The largest absolute Gasteiger partial charge is 0.504 e. The molecule has 3 aromatic rings. The van der Waals surface area contributed by atoms with E-state index in [2.05, 4.69) is 0 Å². The minimum Gasteiger partial charge on any atom is -0.504 e. The maximum atomic E-state index is 14.5. The summed E-state index contributed by atoms with van der Waals surface area (Å²) in [4.78, 5) is 59.1. The maximum Gasteiger partial charge on any atom is 0.241 e. The third-order valence-electron chi connectivity index (χ3n) is 10.4. The van der Waals surface area contributed by atoms with E-state index >= 15 is 0 Å². The van der Waals surface area contributed by atoms with Crippen LogP contribution in [0.1, 0.15) is 36.8 Å². The lowest BCUT2D eigenvalue weighted by atomic mass is 9.51. The number of amides is 4. The number of hydrogen-bond acceptors (Lipinski definition) is 6. The number of methoxy groups -OCH3 is 1. The number of halogens is 3. The van der Waals surface area contributed by atoms with Gasteiger partial charge in [0, 0.05) is 16.5 Å². The number of fused-ring (bicyclic) bond motifs is 4. The van der Waals surface area contributed by atoms with Crippen molar-refractivity contribution in [3.8, 4) is 11.5 Å². The summed E-state index contributed by atoms with van der Waals surface area (Å²) in [5.74, 6) is -6.38. The SMILES string of the molecule is COc1cccc(C2C3=CCC4C(=O)N(c5ccc(C)c(Cl)c5)C(=O)C4C3CC3C(=O)N(c4ccc(F)c(Cl)c4)C(=O)C32C)c1O. The first-order chi connectivity index (χ1) is 21.9. The first kappa shape index (κ1) is 30.4. The molecular formula is C35H29Cl2FN2O6. The summed E-state index contributed by atoms with van der Waals surface area (Å²) in [5.41, 5.74) is 0.946. The minimum absolute atomic E-state index is 0.113. The zero-order chi connectivity index (χ0) is 32.8. The number of phenols is 1. The van der Waals surface area contributed by atoms with E-state index in [-0.39, 0.29) is 41.0 Å². The number of hydrogen-bond donors (Lipinski definition) is 1. The van der Waals surface area contributed by atoms with Crippen LogP contribution in [0.3, 0.4) is 0 Å². The molecule has 6 unspecified atom stereocenters. The van der Waals surface area contributed by atoms with Gasteiger partial charge in [0.1, 0.15) is 5.82 Å². The highest BCUT2D eigenvalue weighted by atomic mass is 35.5. The summed E-state index contributed by atoms with van der Waals surface area (Å²) in [6.07, 6.45) is 2.24. The number of para-hydroxylation sites is 1. The van der Waals surface area contributed by atoms with Crippen LogP contribution in [-0.4, -0.2) is 35.8 Å². The second kappa shape index (κ2) is 10.7. The van der Waals surface area contributed by atoms with Crippen LogP contribution >= 0.6 is 23.2 Å². The molecule has 0 spiro atoms. The van der Waals surface area contributed by atoms with Crippen molar-refractivity contribution in [1.82, 2.24) is 0 Å². The molecule has 2 aliphatic carbocycles. The molecule has 2 saturated heterocycles. The molecule has 7 rings (SSSR count). The quantitative estimate of drug-likeness (QED) is 0.250. The highest BCUT2D eigenvalue weighted by molar-refractivity contribution is 6.32. The average molecular weight is 664 g/mol. The molecule has 1 N–H and O–H groups in total. The normalized spacial score (nSPS) is 28.7. The smallest absolute Gasteiger partial charge is 0.241 e. The van der Waals surface area contributed by atoms with Gasteiger partial charge in [-0.3, -0.25) is 19.2 Å². The second-order valence-corrected chi connectivity index (χ2v) is 13.4. The average Bonchev–Trinajstić information content (AvgIpc) is 3.40. The van der Waals surface area contributed by atoms with Gasteiger partial charge in [0.05, 0.1) is 46.7 Å². The zero-order valence-electron chi connectivity index (χ0n) is 25.1. The third-order valence-corrected chi connectivity index (χ3v) is 11.1. The van der Waals surface area contributed by atoms with E-state index in [0.717, 1.165) is 16.5 Å². The first-order valence-electron chi connectivity index (χ1n) is 14.9. The fourth-order valence-electron chi connectivity index (χ4n) is 8.14. The number of phenolic OH excluding ortho intramolecular Hbond substituents is 1. The third kappa shape index (κ3) is 4.10. The van der Waals surface area contributed by atoms with E-state index in [0.29, 0.717) is 21.8 Å². The topological polar surface area (TPSA) is 104 Å². The van der Waals surface area contributed by atoms with Gasteiger partial charge in [-0.2, -0.15) is 0 Å². The molecule has 0 bridgehead atoms. The van der Waals surface area contributed by atoms with E-state index in [4.69, 9.17) is 27.9 Å². The van der Waals surface area contributed by atoms with Gasteiger partial charge >= 0.3 is 0 Å². The van der Waals surface area contributed by atoms with E-state index in [1.165, 1.54) is 24.1 Å². The lowest BCUT2D eigenvalue weighted by Gasteiger charge is -2.49. The Labute approximate surface area is 274 Å². The van der Waals surface area contributed by atoms with Gasteiger partial charge in [0.25, 0.3) is 0 Å². The molecule has 236 valence electrons. The first-order valence-corrected chi connectivity index (χ1v) is 15.7. The number of carbonyl (C=O) groups excluding carboxylic acids is 4. The Morgan fingerprint density at radius 2 is 1.61 bits per heavy atom. The number of allylic oxidation sites excluding steroid dienone is 2. The van der Waals surface area contributed by atoms with Crippen molar-refractivity contribution in [1.29, 1.82) is 0 Å². The Morgan fingerprint density at radius 3 is 2.30 bits per heavy atom. The Bertz CT molecular complexity index is 1910. The fourth-order valence-corrected chi connectivity index (χ4v) is 8.49. The van der Waals surface area contributed by atoms with Gasteiger partial charge < -0.3 is 9.84 Å². The van der Waals surface area contributed by atoms with Gasteiger partial charge in [0.15, 0.2) is 11.5 Å². The molecule has 2 aliphatic heterocycles. The summed E-state index contributed by atoms with van der Waals surface area (Å²) in [7, 11) is 1.41. The second-order valence-electron chi connectivity index (χ2n) is 12.6. The predicted molar refractivity (Wildman–Crippen MR) is 169 cm³/mol. The monoisotopic (exact) mass is 662 g/mol. The number of benzene rings is 3. The summed E-state index contributed by atoms with van der Waals surface area (Å²) < 4.78 is 19.5. The Balaban J connectivity index is 1.38. The fraction of sp³-hybridized carbons (Fsp3) is 0.314. The standard InChI is InChI=1S/C35H29Cl2FN2O6/c1-16-7-8-17(13-24(16)36)39-31(42)20-11-10-19-22(28(20)33(39)44)15-23-32(43)40(18-9-12-26(38)25(37)14-18)34(45)35(23,2)29(19)21-5-4-6-27(46-3)30(21)41/h4-10,12-14,20,22-23,28-29,41H,11,15H2,1-3H3. The highest BCUT2D eigenvalue weighted by Gasteiger charge is 2.68. The molecule has 8 nitrogen and oxygen atoms in total. The number of rotatable bonds is 4. The Morgan fingerprint density at radius 1 is 0.913 bits per heavy atom. The van der Waals surface area contributed by atoms with Crippen molar-refractivity contribution in [2.75, 3.05) is 16.9 Å². The van der Waals surface area contributed by atoms with Gasteiger partial charge in [-0.15, -0.1) is 0 Å². The molecular weight excluding hydrogens is 634 g/mol. The van der Waals surface area contributed by atoms with E-state index in [1.807, 2.05) is 13.0 Å². The summed E-state index contributed by atoms with van der Waals surface area (Å²) in [6, 6.07) is 13.6. The van der Waals surface area contributed by atoms with Crippen LogP contribution < -0.4 is 14.5 Å². The molecule has 1 saturated carbocycles. The van der Waals surface area contributed by atoms with E-state index < -0.39 is 58.5 Å². The number of aryl methyl sites for hydroxylation is 1. The van der Waals surface area contributed by atoms with Crippen molar-refractivity contribution in [3.63, 3.8) is 0 Å². The van der Waals surface area contributed by atoms with Crippen molar-refractivity contribution in [2.45, 2.75) is 32.6 Å². The molecule has 4 aliphatic rings. The molecule has 4 amide bonds. The van der Waals surface area contributed by atoms with Gasteiger partial charge in [-0.25, -0.2) is 14.2 Å². The van der Waals surface area contributed by atoms with Crippen LogP contribution in [-0.2, 0) is 19.2 Å². The van der Waals surface area contributed by atoms with Gasteiger partial charge in [-0.1, -0.05) is 53.1 Å². The van der Waals surface area contributed by atoms with Gasteiger partial charge in [-0.05, 0) is 74.6 Å². The Kier molecular flexibility index (Phi) is 7.06. The van der Waals surface area contributed by atoms with Crippen LogP contribution in [0.4, 0.5) is 15.8 Å². The van der Waals surface area contributed by atoms with Crippen LogP contribution in [0, 0.1) is 41.8 Å². The van der Waals surface area contributed by atoms with Gasteiger partial charge in [0.2, 0.25) is 23.6 Å². The number of ether oxygens (including phenoxy) is 1. The highest BCUT2D eigenvalue weighted by Crippen LogP contribution is 2.65. The molecule has 3 aromatic carbocycles. The number of carbonyl (C=O) groups is 4. The Hall–Kier alpha value is -4.21. The summed E-state index contributed by atoms with van der Waals surface area (Å²) in [5, 5.41) is 11.6. The van der Waals surface area contributed by atoms with Crippen LogP contribution in [0.5, 0.6) is 11.5 Å². The molecule has 0 radical (unpaired) electrons. The van der Waals surface area contributed by atoms with Crippen LogP contribution in [0.25, 0.3) is 0 Å². The summed E-state index contributed by atoms with van der Waals surface area (Å²) in [6.45, 7) is 3.52. The predicted octanol–water partition coefficient (Wildman–Crippen LogP) is 6.59. The molecule has 2 heterocycles. The maximum absolute atomic E-state index is 14.5. The lowest BCUT2D eigenvalue weighted by molar-refractivity contribution is -0.131.